The highest BCUT2D eigenvalue weighted by Gasteiger charge is 2.10. The zero-order valence-corrected chi connectivity index (χ0v) is 11.1. The van der Waals surface area contributed by atoms with Crippen LogP contribution in [0, 0.1) is 17.5 Å². The normalized spacial score (nSPS) is 10.5. The van der Waals surface area contributed by atoms with Crippen molar-refractivity contribution in [2.24, 2.45) is 0 Å². The van der Waals surface area contributed by atoms with E-state index in [0.717, 1.165) is 12.1 Å². The molecule has 100 valence electrons. The molecule has 0 aliphatic carbocycles. The van der Waals surface area contributed by atoms with Gasteiger partial charge in [0.05, 0.1) is 10.2 Å². The number of para-hydroxylation sites is 1. The lowest BCUT2D eigenvalue weighted by Gasteiger charge is -2.10. The van der Waals surface area contributed by atoms with Crippen LogP contribution in [-0.2, 0) is 6.54 Å². The van der Waals surface area contributed by atoms with Crippen molar-refractivity contribution in [3.63, 3.8) is 0 Å². The lowest BCUT2D eigenvalue weighted by molar-refractivity contribution is 0.426. The molecular weight excluding hydrogens is 323 g/mol. The average molecular weight is 332 g/mol. The van der Waals surface area contributed by atoms with Crippen LogP contribution in [0.2, 0.25) is 0 Å². The SMILES string of the molecule is Oc1c(F)cccc1CNc1cc(Br)c(F)cc1F. The van der Waals surface area contributed by atoms with Crippen LogP contribution in [0.25, 0.3) is 0 Å². The minimum atomic E-state index is -0.767. The van der Waals surface area contributed by atoms with Crippen molar-refractivity contribution in [1.82, 2.24) is 0 Å². The molecule has 2 nitrogen and oxygen atoms in total. The molecule has 19 heavy (non-hydrogen) atoms. The summed E-state index contributed by atoms with van der Waals surface area (Å²) < 4.78 is 39.7. The van der Waals surface area contributed by atoms with Gasteiger partial charge in [-0.25, -0.2) is 13.2 Å². The highest BCUT2D eigenvalue weighted by Crippen LogP contribution is 2.26. The molecule has 2 aromatic carbocycles. The molecule has 0 aliphatic rings. The largest absolute Gasteiger partial charge is 0.505 e. The monoisotopic (exact) mass is 331 g/mol. The first-order chi connectivity index (χ1) is 8.99. The molecule has 0 fully saturated rings. The van der Waals surface area contributed by atoms with Gasteiger partial charge in [0.2, 0.25) is 0 Å². The van der Waals surface area contributed by atoms with Gasteiger partial charge >= 0.3 is 0 Å². The number of phenolic OH excluding ortho intramolecular Hbond substituents is 1. The Labute approximate surface area is 116 Å². The molecule has 0 aliphatic heterocycles. The molecule has 0 atom stereocenters. The van der Waals surface area contributed by atoms with Gasteiger partial charge in [-0.3, -0.25) is 0 Å². The van der Waals surface area contributed by atoms with E-state index in [1.807, 2.05) is 0 Å². The van der Waals surface area contributed by atoms with E-state index in [1.54, 1.807) is 0 Å². The fourth-order valence-electron chi connectivity index (χ4n) is 1.55. The van der Waals surface area contributed by atoms with Gasteiger partial charge in [0, 0.05) is 18.2 Å². The molecule has 0 heterocycles. The van der Waals surface area contributed by atoms with Crippen molar-refractivity contribution in [3.8, 4) is 5.75 Å². The van der Waals surface area contributed by atoms with Gasteiger partial charge in [-0.15, -0.1) is 0 Å². The summed E-state index contributed by atoms with van der Waals surface area (Å²) in [6, 6.07) is 6.03. The van der Waals surface area contributed by atoms with E-state index in [-0.39, 0.29) is 22.3 Å². The number of aromatic hydroxyl groups is 1. The zero-order valence-electron chi connectivity index (χ0n) is 9.55. The Bertz CT molecular complexity index is 619. The third-order valence-electron chi connectivity index (χ3n) is 2.55. The molecule has 0 radical (unpaired) electrons. The summed E-state index contributed by atoms with van der Waals surface area (Å²) in [7, 11) is 0. The molecule has 0 saturated carbocycles. The highest BCUT2D eigenvalue weighted by molar-refractivity contribution is 9.10. The number of phenols is 1. The van der Waals surface area contributed by atoms with Crippen molar-refractivity contribution < 1.29 is 18.3 Å². The van der Waals surface area contributed by atoms with Gasteiger partial charge in [-0.1, -0.05) is 12.1 Å². The first kappa shape index (κ1) is 13.7. The smallest absolute Gasteiger partial charge is 0.165 e. The summed E-state index contributed by atoms with van der Waals surface area (Å²) in [5, 5.41) is 12.1. The van der Waals surface area contributed by atoms with Gasteiger partial charge in [-0.2, -0.15) is 0 Å². The van der Waals surface area contributed by atoms with Gasteiger partial charge in [0.25, 0.3) is 0 Å². The van der Waals surface area contributed by atoms with E-state index in [4.69, 9.17) is 0 Å². The number of hydrogen-bond acceptors (Lipinski definition) is 2. The second-order valence-electron chi connectivity index (χ2n) is 3.85. The van der Waals surface area contributed by atoms with E-state index >= 15 is 0 Å². The Kier molecular flexibility index (Phi) is 3.99. The summed E-state index contributed by atoms with van der Waals surface area (Å²) in [5.41, 5.74) is 0.330. The molecule has 2 rings (SSSR count). The number of benzene rings is 2. The Morgan fingerprint density at radius 1 is 1.05 bits per heavy atom. The summed E-state index contributed by atoms with van der Waals surface area (Å²) in [6.07, 6.45) is 0. The van der Waals surface area contributed by atoms with Crippen LogP contribution >= 0.6 is 15.9 Å². The third kappa shape index (κ3) is 3.01. The maximum absolute atomic E-state index is 13.5. The van der Waals surface area contributed by atoms with Gasteiger partial charge in [0.15, 0.2) is 11.6 Å². The summed E-state index contributed by atoms with van der Waals surface area (Å²) in [5.74, 6) is -2.72. The van der Waals surface area contributed by atoms with Gasteiger partial charge < -0.3 is 10.4 Å². The van der Waals surface area contributed by atoms with Crippen LogP contribution < -0.4 is 5.32 Å². The molecule has 0 bridgehead atoms. The molecular formula is C13H9BrF3NO. The minimum absolute atomic E-state index is 0.0125. The third-order valence-corrected chi connectivity index (χ3v) is 3.16. The second kappa shape index (κ2) is 5.52. The number of rotatable bonds is 3. The van der Waals surface area contributed by atoms with Gasteiger partial charge in [-0.05, 0) is 28.1 Å². The summed E-state index contributed by atoms with van der Waals surface area (Å²) in [4.78, 5) is 0. The minimum Gasteiger partial charge on any atom is -0.505 e. The average Bonchev–Trinajstić information content (AvgIpc) is 2.37. The number of nitrogens with one attached hydrogen (secondary N) is 1. The Morgan fingerprint density at radius 2 is 1.79 bits per heavy atom. The maximum Gasteiger partial charge on any atom is 0.165 e. The van der Waals surface area contributed by atoms with Crippen LogP contribution in [0.4, 0.5) is 18.9 Å². The molecule has 0 aromatic heterocycles. The first-order valence-electron chi connectivity index (χ1n) is 5.34. The second-order valence-corrected chi connectivity index (χ2v) is 4.70. The molecule has 0 unspecified atom stereocenters. The maximum atomic E-state index is 13.5. The van der Waals surface area contributed by atoms with Crippen molar-refractivity contribution in [2.75, 3.05) is 5.32 Å². The zero-order chi connectivity index (χ0) is 14.0. The predicted octanol–water partition coefficient (Wildman–Crippen LogP) is 4.18. The molecule has 0 spiro atoms. The van der Waals surface area contributed by atoms with Crippen LogP contribution in [-0.4, -0.2) is 5.11 Å². The van der Waals surface area contributed by atoms with Crippen LogP contribution in [0.1, 0.15) is 5.56 Å². The van der Waals surface area contributed by atoms with E-state index in [9.17, 15) is 18.3 Å². The first-order valence-corrected chi connectivity index (χ1v) is 6.13. The summed E-state index contributed by atoms with van der Waals surface area (Å²) >= 11 is 2.94. The fourth-order valence-corrected chi connectivity index (χ4v) is 1.89. The molecule has 6 heteroatoms. The summed E-state index contributed by atoms with van der Waals surface area (Å²) in [6.45, 7) is 0.0125. The van der Waals surface area contributed by atoms with Crippen molar-refractivity contribution in [2.45, 2.75) is 6.54 Å². The number of hydrogen-bond donors (Lipinski definition) is 2. The lowest BCUT2D eigenvalue weighted by atomic mass is 10.2. The van der Waals surface area contributed by atoms with Crippen LogP contribution in [0.15, 0.2) is 34.8 Å². The van der Waals surface area contributed by atoms with E-state index in [1.165, 1.54) is 18.2 Å². The quantitative estimate of drug-likeness (QED) is 0.827. The van der Waals surface area contributed by atoms with Crippen LogP contribution in [0.5, 0.6) is 5.75 Å². The standard InChI is InChI=1S/C13H9BrF3NO/c14-8-4-12(11(17)5-10(8)16)18-6-7-2-1-3-9(15)13(7)19/h1-5,18-19H,6H2. The van der Waals surface area contributed by atoms with E-state index in [2.05, 4.69) is 21.2 Å². The lowest BCUT2D eigenvalue weighted by Crippen LogP contribution is -2.03. The number of halogens is 4. The van der Waals surface area contributed by atoms with Gasteiger partial charge in [0.1, 0.15) is 11.6 Å². The van der Waals surface area contributed by atoms with Crippen molar-refractivity contribution in [1.29, 1.82) is 0 Å². The van der Waals surface area contributed by atoms with E-state index in [0.29, 0.717) is 0 Å². The Hall–Kier alpha value is -1.69. The molecule has 0 amide bonds. The van der Waals surface area contributed by atoms with Crippen LogP contribution in [0.3, 0.4) is 0 Å². The number of anilines is 1. The molecule has 0 saturated heterocycles. The van der Waals surface area contributed by atoms with Crippen molar-refractivity contribution in [3.05, 3.63) is 57.8 Å². The fraction of sp³-hybridized carbons (Fsp3) is 0.0769. The highest BCUT2D eigenvalue weighted by atomic mass is 79.9. The van der Waals surface area contributed by atoms with Crippen molar-refractivity contribution >= 4 is 21.6 Å². The topological polar surface area (TPSA) is 32.3 Å². The Morgan fingerprint density at radius 3 is 2.53 bits per heavy atom. The predicted molar refractivity (Wildman–Crippen MR) is 69.4 cm³/mol. The van der Waals surface area contributed by atoms with E-state index < -0.39 is 23.2 Å². The molecule has 2 N–H and O–H groups in total. The Balaban J connectivity index is 2.19. The molecule has 2 aromatic rings.